The molecular formula is C25H37N7O7. The predicted octanol–water partition coefficient (Wildman–Crippen LogP) is -1.48. The second-order valence-corrected chi connectivity index (χ2v) is 9.33. The number of nitrogens with two attached hydrogens (primary N) is 3. The molecule has 0 saturated carbocycles. The number of aliphatic imine (C=N–C) groups is 1. The fourth-order valence-electron chi connectivity index (χ4n) is 4.28. The Morgan fingerprint density at radius 1 is 1.03 bits per heavy atom. The van der Waals surface area contributed by atoms with E-state index in [1.165, 1.54) is 4.90 Å². The van der Waals surface area contributed by atoms with Crippen LogP contribution in [-0.2, 0) is 30.4 Å². The predicted molar refractivity (Wildman–Crippen MR) is 141 cm³/mol. The van der Waals surface area contributed by atoms with E-state index in [9.17, 15) is 29.1 Å². The van der Waals surface area contributed by atoms with Gasteiger partial charge in [-0.2, -0.15) is 0 Å². The molecule has 4 unspecified atom stereocenters. The van der Waals surface area contributed by atoms with Crippen molar-refractivity contribution in [3.8, 4) is 0 Å². The molecule has 1 heterocycles. The van der Waals surface area contributed by atoms with E-state index in [2.05, 4.69) is 15.6 Å². The second kappa shape index (κ2) is 15.3. The van der Waals surface area contributed by atoms with Crippen LogP contribution in [0.3, 0.4) is 0 Å². The van der Waals surface area contributed by atoms with Crippen molar-refractivity contribution in [1.82, 2.24) is 15.5 Å². The fourth-order valence-corrected chi connectivity index (χ4v) is 4.28. The number of hydrogen-bond donors (Lipinski definition) is 7. The van der Waals surface area contributed by atoms with Gasteiger partial charge in [0, 0.05) is 25.9 Å². The minimum Gasteiger partial charge on any atom is -0.481 e. The van der Waals surface area contributed by atoms with E-state index in [-0.39, 0.29) is 44.7 Å². The zero-order valence-electron chi connectivity index (χ0n) is 21.6. The lowest BCUT2D eigenvalue weighted by atomic mass is 10.0. The van der Waals surface area contributed by atoms with Gasteiger partial charge in [-0.15, -0.1) is 0 Å². The highest BCUT2D eigenvalue weighted by atomic mass is 16.4. The van der Waals surface area contributed by atoms with Gasteiger partial charge in [0.2, 0.25) is 17.7 Å². The minimum atomic E-state index is -1.25. The minimum absolute atomic E-state index is 0.0585. The molecule has 0 radical (unpaired) electrons. The normalized spacial score (nSPS) is 16.9. The molecular weight excluding hydrogens is 510 g/mol. The Kier molecular flexibility index (Phi) is 12.1. The molecule has 0 spiro atoms. The van der Waals surface area contributed by atoms with E-state index in [4.69, 9.17) is 22.3 Å². The standard InChI is InChI=1S/C25H37N7O7/c26-16(10-11-20(33)34)23(37)32-13-5-9-19(32)22(36)31-18(14-15-6-2-1-3-7-15)21(35)30-17(24(38)39)8-4-12-29-25(27)28/h1-3,6-7,16-19H,4-5,8-14,26H2,(H,30,35)(H,31,36)(H,33,34)(H,38,39)(H4,27,28,29). The molecule has 10 N–H and O–H groups in total. The summed E-state index contributed by atoms with van der Waals surface area (Å²) in [6, 6.07) is 4.53. The van der Waals surface area contributed by atoms with Crippen molar-refractivity contribution in [3.05, 3.63) is 35.9 Å². The van der Waals surface area contributed by atoms with Gasteiger partial charge in [0.05, 0.1) is 6.04 Å². The molecule has 1 aromatic rings. The monoisotopic (exact) mass is 547 g/mol. The number of amides is 3. The summed E-state index contributed by atoms with van der Waals surface area (Å²) in [5.74, 6) is -4.28. The number of rotatable bonds is 15. The lowest BCUT2D eigenvalue weighted by Gasteiger charge is -2.28. The van der Waals surface area contributed by atoms with Crippen molar-refractivity contribution in [2.75, 3.05) is 13.1 Å². The highest BCUT2D eigenvalue weighted by Crippen LogP contribution is 2.20. The van der Waals surface area contributed by atoms with E-state index in [0.717, 1.165) is 5.56 Å². The van der Waals surface area contributed by atoms with Gasteiger partial charge in [-0.25, -0.2) is 4.79 Å². The van der Waals surface area contributed by atoms with Crippen LogP contribution in [0.5, 0.6) is 0 Å². The highest BCUT2D eigenvalue weighted by molar-refractivity contribution is 5.94. The van der Waals surface area contributed by atoms with Crippen LogP contribution in [0.25, 0.3) is 0 Å². The number of carboxylic acids is 2. The van der Waals surface area contributed by atoms with Crippen LogP contribution in [0, 0.1) is 0 Å². The largest absolute Gasteiger partial charge is 0.481 e. The maximum atomic E-state index is 13.3. The number of carbonyl (C=O) groups excluding carboxylic acids is 3. The van der Waals surface area contributed by atoms with Crippen molar-refractivity contribution in [2.24, 2.45) is 22.2 Å². The second-order valence-electron chi connectivity index (χ2n) is 9.33. The van der Waals surface area contributed by atoms with Crippen molar-refractivity contribution in [1.29, 1.82) is 0 Å². The summed E-state index contributed by atoms with van der Waals surface area (Å²) in [7, 11) is 0. The van der Waals surface area contributed by atoms with E-state index in [1.54, 1.807) is 30.3 Å². The van der Waals surface area contributed by atoms with Crippen LogP contribution in [0.2, 0.25) is 0 Å². The van der Waals surface area contributed by atoms with Crippen LogP contribution in [0.4, 0.5) is 0 Å². The lowest BCUT2D eigenvalue weighted by Crippen LogP contribution is -2.57. The van der Waals surface area contributed by atoms with Crippen molar-refractivity contribution in [3.63, 3.8) is 0 Å². The van der Waals surface area contributed by atoms with Gasteiger partial charge in [-0.1, -0.05) is 30.3 Å². The first-order valence-corrected chi connectivity index (χ1v) is 12.7. The number of aliphatic carboxylic acids is 2. The van der Waals surface area contributed by atoms with Crippen LogP contribution in [-0.4, -0.2) is 88.0 Å². The van der Waals surface area contributed by atoms with Crippen LogP contribution in [0.15, 0.2) is 35.3 Å². The van der Waals surface area contributed by atoms with Gasteiger partial charge in [-0.05, 0) is 37.7 Å². The van der Waals surface area contributed by atoms with Gasteiger partial charge in [0.25, 0.3) is 0 Å². The third-order valence-electron chi connectivity index (χ3n) is 6.30. The summed E-state index contributed by atoms with van der Waals surface area (Å²) in [5.41, 5.74) is 17.2. The number of carbonyl (C=O) groups is 5. The molecule has 0 bridgehead atoms. The zero-order chi connectivity index (χ0) is 28.9. The molecule has 1 saturated heterocycles. The number of likely N-dealkylation sites (tertiary alicyclic amines) is 1. The fraction of sp³-hybridized carbons (Fsp3) is 0.520. The Bertz CT molecular complexity index is 1050. The van der Waals surface area contributed by atoms with Crippen LogP contribution < -0.4 is 27.8 Å². The van der Waals surface area contributed by atoms with Crippen molar-refractivity contribution >= 4 is 35.6 Å². The van der Waals surface area contributed by atoms with Crippen LogP contribution in [0.1, 0.15) is 44.1 Å². The average Bonchev–Trinajstić information content (AvgIpc) is 3.38. The summed E-state index contributed by atoms with van der Waals surface area (Å²) in [5, 5.41) is 23.6. The summed E-state index contributed by atoms with van der Waals surface area (Å²) >= 11 is 0. The molecule has 1 aliphatic rings. The molecule has 2 rings (SSSR count). The first-order valence-electron chi connectivity index (χ1n) is 12.7. The lowest BCUT2D eigenvalue weighted by molar-refractivity contribution is -0.143. The maximum Gasteiger partial charge on any atom is 0.326 e. The molecule has 3 amide bonds. The zero-order valence-corrected chi connectivity index (χ0v) is 21.6. The van der Waals surface area contributed by atoms with Gasteiger partial charge < -0.3 is 42.9 Å². The summed E-state index contributed by atoms with van der Waals surface area (Å²) in [4.78, 5) is 67.0. The van der Waals surface area contributed by atoms with E-state index < -0.39 is 53.8 Å². The SMILES string of the molecule is NC(N)=NCCCC(NC(=O)C(Cc1ccccc1)NC(=O)C1CCCN1C(=O)C(N)CCC(=O)O)C(=O)O. The molecule has 1 fully saturated rings. The van der Waals surface area contributed by atoms with Crippen LogP contribution >= 0.6 is 0 Å². The van der Waals surface area contributed by atoms with Crippen molar-refractivity contribution in [2.45, 2.75) is 69.1 Å². The Hall–Kier alpha value is -4.20. The van der Waals surface area contributed by atoms with E-state index in [1.807, 2.05) is 0 Å². The Balaban J connectivity index is 2.14. The quantitative estimate of drug-likeness (QED) is 0.0762. The molecule has 39 heavy (non-hydrogen) atoms. The Morgan fingerprint density at radius 3 is 2.33 bits per heavy atom. The smallest absolute Gasteiger partial charge is 0.326 e. The highest BCUT2D eigenvalue weighted by Gasteiger charge is 2.38. The van der Waals surface area contributed by atoms with Gasteiger partial charge >= 0.3 is 11.9 Å². The van der Waals surface area contributed by atoms with Gasteiger partial charge in [0.15, 0.2) is 5.96 Å². The molecule has 214 valence electrons. The molecule has 0 aromatic heterocycles. The first-order chi connectivity index (χ1) is 18.5. The number of nitrogens with one attached hydrogen (secondary N) is 2. The number of benzene rings is 1. The third-order valence-corrected chi connectivity index (χ3v) is 6.30. The first kappa shape index (κ1) is 31.0. The Labute approximate surface area is 226 Å². The topological polar surface area (TPSA) is 244 Å². The van der Waals surface area contributed by atoms with Gasteiger partial charge in [-0.3, -0.25) is 24.2 Å². The van der Waals surface area contributed by atoms with E-state index in [0.29, 0.717) is 19.3 Å². The van der Waals surface area contributed by atoms with E-state index >= 15 is 0 Å². The molecule has 1 aromatic carbocycles. The molecule has 1 aliphatic heterocycles. The summed E-state index contributed by atoms with van der Waals surface area (Å²) in [6.07, 6.45) is 0.950. The third kappa shape index (κ3) is 10.2. The van der Waals surface area contributed by atoms with Crippen molar-refractivity contribution < 1.29 is 34.2 Å². The Morgan fingerprint density at radius 2 is 1.72 bits per heavy atom. The van der Waals surface area contributed by atoms with Gasteiger partial charge in [0.1, 0.15) is 18.1 Å². The number of carboxylic acid groups (broad SMARTS) is 2. The average molecular weight is 548 g/mol. The molecule has 14 heteroatoms. The molecule has 4 atom stereocenters. The number of nitrogens with zero attached hydrogens (tertiary/aromatic N) is 2. The molecule has 0 aliphatic carbocycles. The maximum absolute atomic E-state index is 13.3. The molecule has 14 nitrogen and oxygen atoms in total. The number of guanidine groups is 1. The summed E-state index contributed by atoms with van der Waals surface area (Å²) < 4.78 is 0. The summed E-state index contributed by atoms with van der Waals surface area (Å²) in [6.45, 7) is 0.455. The number of hydrogen-bond acceptors (Lipinski definition) is 7.